The maximum absolute atomic E-state index is 12.9. The molecule has 0 saturated heterocycles. The molecule has 0 fully saturated rings. The molecule has 2 heterocycles. The second kappa shape index (κ2) is 16.5. The van der Waals surface area contributed by atoms with Gasteiger partial charge in [0, 0.05) is 24.5 Å². The summed E-state index contributed by atoms with van der Waals surface area (Å²) in [6.45, 7) is 8.80. The van der Waals surface area contributed by atoms with Crippen LogP contribution in [-0.2, 0) is 13.1 Å². The van der Waals surface area contributed by atoms with E-state index in [2.05, 4.69) is 33.9 Å². The van der Waals surface area contributed by atoms with E-state index in [-0.39, 0.29) is 34.1 Å². The number of halogens is 4. The van der Waals surface area contributed by atoms with Gasteiger partial charge in [-0.2, -0.15) is 10.1 Å². The average molecular weight is 527 g/mol. The molecule has 1 aromatic carbocycles. The summed E-state index contributed by atoms with van der Waals surface area (Å²) in [7, 11) is 0.500. The lowest BCUT2D eigenvalue weighted by Gasteiger charge is -2.14. The summed E-state index contributed by atoms with van der Waals surface area (Å²) in [5.41, 5.74) is 0.877. The van der Waals surface area contributed by atoms with Crippen LogP contribution >= 0.6 is 11.6 Å². The quantitative estimate of drug-likeness (QED) is 0.185. The molecule has 0 radical (unpaired) electrons. The molecule has 1 N–H and O–H groups in total. The number of hydrogen-bond donors (Lipinski definition) is 1. The van der Waals surface area contributed by atoms with Crippen molar-refractivity contribution in [1.82, 2.24) is 24.5 Å². The first-order chi connectivity index (χ1) is 17.3. The van der Waals surface area contributed by atoms with Crippen molar-refractivity contribution >= 4 is 35.1 Å². The molecule has 3 rings (SSSR count). The third-order valence-electron chi connectivity index (χ3n) is 4.53. The molecular formula is C25H34ClF3N6O. The van der Waals surface area contributed by atoms with Gasteiger partial charge < -0.3 is 4.98 Å². The number of nitrogens with zero attached hydrogens (tertiary/aromatic N) is 5. The van der Waals surface area contributed by atoms with Gasteiger partial charge in [-0.15, -0.1) is 0 Å². The first kappa shape index (κ1) is 30.9. The fraction of sp³-hybridized carbons (Fsp3) is 0.440. The van der Waals surface area contributed by atoms with Gasteiger partial charge in [-0.05, 0) is 42.7 Å². The van der Waals surface area contributed by atoms with Gasteiger partial charge in [0.1, 0.15) is 5.82 Å². The van der Waals surface area contributed by atoms with Gasteiger partial charge in [-0.3, -0.25) is 18.8 Å². The maximum Gasteiger partial charge on any atom is 0.280 e. The van der Waals surface area contributed by atoms with Gasteiger partial charge in [0.05, 0.1) is 13.7 Å². The van der Waals surface area contributed by atoms with Gasteiger partial charge in [0.25, 0.3) is 12.0 Å². The summed E-state index contributed by atoms with van der Waals surface area (Å²) < 4.78 is 36.8. The standard InChI is InChI=1S/C21H23ClF2N6O.C3H8.CH3F/c1-3-5-10-30-20(31)17-19(28-21(30)22)27-16(26-17)9-11-29(25-4-2)13-14-7-6-8-15(12-14)18(23)24;1-3-2;1-2/h4,6-9,11-12,18H,3,5,10,13H2,1-2H3,(H,26,27);3H2,1-2H3;1H3/b11-9+,25-4-;;. The fourth-order valence-corrected chi connectivity index (χ4v) is 3.26. The van der Waals surface area contributed by atoms with Crippen molar-refractivity contribution < 1.29 is 13.2 Å². The molecule has 0 aliphatic carbocycles. The zero-order chi connectivity index (χ0) is 27.1. The summed E-state index contributed by atoms with van der Waals surface area (Å²) in [4.78, 5) is 24.2. The smallest absolute Gasteiger partial charge is 0.280 e. The van der Waals surface area contributed by atoms with Gasteiger partial charge in [-0.25, -0.2) is 13.8 Å². The summed E-state index contributed by atoms with van der Waals surface area (Å²) in [6.07, 6.45) is 5.32. The van der Waals surface area contributed by atoms with Crippen LogP contribution in [0.2, 0.25) is 5.28 Å². The summed E-state index contributed by atoms with van der Waals surface area (Å²) >= 11 is 6.15. The second-order valence-corrected chi connectivity index (χ2v) is 7.89. The van der Waals surface area contributed by atoms with Crippen molar-refractivity contribution in [2.24, 2.45) is 5.10 Å². The lowest BCUT2D eigenvalue weighted by Crippen LogP contribution is -2.22. The Kier molecular flexibility index (Phi) is 14.2. The maximum atomic E-state index is 12.9. The van der Waals surface area contributed by atoms with Crippen molar-refractivity contribution in [1.29, 1.82) is 0 Å². The summed E-state index contributed by atoms with van der Waals surface area (Å²) in [6, 6.07) is 6.18. The largest absolute Gasteiger partial charge is 0.332 e. The highest BCUT2D eigenvalue weighted by Crippen LogP contribution is 2.20. The molecule has 0 bridgehead atoms. The number of nitrogens with one attached hydrogen (secondary N) is 1. The van der Waals surface area contributed by atoms with Crippen LogP contribution < -0.4 is 5.56 Å². The third kappa shape index (κ3) is 9.14. The van der Waals surface area contributed by atoms with Crippen LogP contribution in [0.3, 0.4) is 0 Å². The number of rotatable bonds is 9. The van der Waals surface area contributed by atoms with Gasteiger partial charge in [-0.1, -0.05) is 51.8 Å². The number of aromatic amines is 1. The lowest BCUT2D eigenvalue weighted by molar-refractivity contribution is 0.151. The minimum Gasteiger partial charge on any atom is -0.332 e. The van der Waals surface area contributed by atoms with Crippen LogP contribution in [0.1, 0.15) is 70.3 Å². The number of imidazole rings is 1. The van der Waals surface area contributed by atoms with E-state index in [4.69, 9.17) is 11.6 Å². The zero-order valence-electron chi connectivity index (χ0n) is 21.3. The summed E-state index contributed by atoms with van der Waals surface area (Å²) in [5, 5.41) is 5.91. The monoisotopic (exact) mass is 526 g/mol. The molecule has 198 valence electrons. The number of aromatic nitrogens is 4. The van der Waals surface area contributed by atoms with E-state index in [1.54, 1.807) is 42.6 Å². The first-order valence-corrected chi connectivity index (χ1v) is 12.1. The Morgan fingerprint density at radius 3 is 2.53 bits per heavy atom. The average Bonchev–Trinajstić information content (AvgIpc) is 3.27. The fourth-order valence-electron chi connectivity index (χ4n) is 3.02. The minimum atomic E-state index is -2.53. The van der Waals surface area contributed by atoms with Crippen molar-refractivity contribution in [2.75, 3.05) is 7.18 Å². The Bertz CT molecular complexity index is 1180. The van der Waals surface area contributed by atoms with Crippen molar-refractivity contribution in [3.8, 4) is 0 Å². The van der Waals surface area contributed by atoms with Gasteiger partial charge in [0.15, 0.2) is 11.2 Å². The predicted molar refractivity (Wildman–Crippen MR) is 141 cm³/mol. The molecule has 0 spiro atoms. The normalized spacial score (nSPS) is 11.1. The molecule has 2 aromatic heterocycles. The van der Waals surface area contributed by atoms with Crippen LogP contribution in [0.15, 0.2) is 40.4 Å². The third-order valence-corrected chi connectivity index (χ3v) is 4.82. The zero-order valence-corrected chi connectivity index (χ0v) is 22.1. The molecule has 0 unspecified atom stereocenters. The molecule has 0 amide bonds. The number of hydrogen-bond acceptors (Lipinski definition) is 5. The molecule has 0 aliphatic heterocycles. The van der Waals surface area contributed by atoms with Crippen LogP contribution in [0.25, 0.3) is 17.2 Å². The predicted octanol–water partition coefficient (Wildman–Crippen LogP) is 6.99. The SMILES string of the molecule is C/C=N\N(/C=C/c1nc2nc(Cl)n(CCCC)c(=O)c2[nH]1)Cc1cccc(C(F)F)c1.CCC.CF. The van der Waals surface area contributed by atoms with Crippen molar-refractivity contribution in [2.45, 2.75) is 66.5 Å². The van der Waals surface area contributed by atoms with Gasteiger partial charge >= 0.3 is 0 Å². The number of fused-ring (bicyclic) bond motifs is 1. The van der Waals surface area contributed by atoms with E-state index in [9.17, 15) is 18.0 Å². The molecule has 11 heteroatoms. The van der Waals surface area contributed by atoms with Crippen LogP contribution in [0.5, 0.6) is 0 Å². The van der Waals surface area contributed by atoms with Gasteiger partial charge in [0.2, 0.25) is 5.28 Å². The number of hydrazone groups is 1. The Morgan fingerprint density at radius 1 is 1.22 bits per heavy atom. The number of benzene rings is 1. The molecule has 0 atom stereocenters. The second-order valence-electron chi connectivity index (χ2n) is 7.55. The van der Waals surface area contributed by atoms with E-state index < -0.39 is 6.43 Å². The van der Waals surface area contributed by atoms with E-state index >= 15 is 0 Å². The summed E-state index contributed by atoms with van der Waals surface area (Å²) in [5.74, 6) is 0.404. The van der Waals surface area contributed by atoms with Crippen molar-refractivity contribution in [3.05, 3.63) is 63.1 Å². The Hall–Kier alpha value is -3.14. The molecule has 7 nitrogen and oxygen atoms in total. The van der Waals surface area contributed by atoms with Crippen molar-refractivity contribution in [3.63, 3.8) is 0 Å². The molecule has 0 saturated carbocycles. The Labute approximate surface area is 214 Å². The van der Waals surface area contributed by atoms with E-state index in [0.717, 1.165) is 12.8 Å². The van der Waals surface area contributed by atoms with E-state index in [1.165, 1.54) is 23.1 Å². The van der Waals surface area contributed by atoms with Crippen LogP contribution in [0.4, 0.5) is 13.2 Å². The van der Waals surface area contributed by atoms with Crippen LogP contribution in [0, 0.1) is 0 Å². The highest BCUT2D eigenvalue weighted by atomic mass is 35.5. The highest BCUT2D eigenvalue weighted by molar-refractivity contribution is 6.28. The van der Waals surface area contributed by atoms with E-state index in [1.807, 2.05) is 6.92 Å². The lowest BCUT2D eigenvalue weighted by atomic mass is 10.1. The number of unbranched alkanes of at least 4 members (excludes halogenated alkanes) is 1. The highest BCUT2D eigenvalue weighted by Gasteiger charge is 2.13. The molecule has 3 aromatic rings. The molecule has 36 heavy (non-hydrogen) atoms. The van der Waals surface area contributed by atoms with Crippen LogP contribution in [-0.4, -0.2) is 37.9 Å². The first-order valence-electron chi connectivity index (χ1n) is 11.7. The Morgan fingerprint density at radius 2 is 1.92 bits per heavy atom. The minimum absolute atomic E-state index is 0.0403. The topological polar surface area (TPSA) is 79.2 Å². The number of H-pyrrole nitrogens is 1. The Balaban J connectivity index is 0.00000120. The van der Waals surface area contributed by atoms with E-state index in [0.29, 0.717) is 25.1 Å². The molecular weight excluding hydrogens is 493 g/mol. The molecule has 0 aliphatic rings. The number of alkyl halides is 3.